The predicted octanol–water partition coefficient (Wildman–Crippen LogP) is 4.53. The zero-order valence-electron chi connectivity index (χ0n) is 15.4. The van der Waals surface area contributed by atoms with E-state index in [0.29, 0.717) is 12.1 Å². The summed E-state index contributed by atoms with van der Waals surface area (Å²) in [5.74, 6) is -0.0748. The molecule has 146 valence electrons. The van der Waals surface area contributed by atoms with Gasteiger partial charge in [0.05, 0.1) is 12.9 Å². The topological polar surface area (TPSA) is 47.4 Å². The number of benzene rings is 2. The van der Waals surface area contributed by atoms with E-state index in [9.17, 15) is 9.18 Å². The van der Waals surface area contributed by atoms with Crippen molar-refractivity contribution in [2.75, 3.05) is 19.9 Å². The van der Waals surface area contributed by atoms with E-state index in [1.165, 1.54) is 24.9 Å². The number of ether oxygens (including phenoxy) is 1. The Bertz CT molecular complexity index is 962. The second-order valence-corrected chi connectivity index (χ2v) is 7.92. The molecule has 0 fully saturated rings. The minimum absolute atomic E-state index is 0.0633. The molecule has 0 saturated heterocycles. The van der Waals surface area contributed by atoms with E-state index in [4.69, 9.17) is 4.74 Å². The average Bonchev–Trinajstić information content (AvgIpc) is 3.15. The number of carbonyl (C=O) groups is 1. The van der Waals surface area contributed by atoms with Gasteiger partial charge in [0.1, 0.15) is 0 Å². The van der Waals surface area contributed by atoms with E-state index in [1.54, 1.807) is 30.3 Å². The standard InChI is InChI=1S/C20H19BrFN3O2S/c1-24(12-14-3-8-18(27-2)17(22)11-14)19(26)13-28-20-23-9-10-25(20)16-6-4-15(21)5-7-16/h3-11H,12-13H2,1-2H3. The van der Waals surface area contributed by atoms with Crippen molar-refractivity contribution in [1.82, 2.24) is 14.5 Å². The first-order valence-electron chi connectivity index (χ1n) is 8.46. The first kappa shape index (κ1) is 20.4. The summed E-state index contributed by atoms with van der Waals surface area (Å²) in [5, 5.41) is 0.736. The molecule has 1 heterocycles. The quantitative estimate of drug-likeness (QED) is 0.482. The monoisotopic (exact) mass is 463 g/mol. The van der Waals surface area contributed by atoms with Gasteiger partial charge in [-0.1, -0.05) is 33.8 Å². The van der Waals surface area contributed by atoms with Crippen molar-refractivity contribution in [2.24, 2.45) is 0 Å². The number of imidazole rings is 1. The van der Waals surface area contributed by atoms with Crippen LogP contribution in [0.15, 0.2) is 64.5 Å². The maximum atomic E-state index is 13.8. The second kappa shape index (κ2) is 9.25. The molecule has 0 saturated carbocycles. The fraction of sp³-hybridized carbons (Fsp3) is 0.200. The smallest absolute Gasteiger partial charge is 0.233 e. The van der Waals surface area contributed by atoms with E-state index in [-0.39, 0.29) is 17.4 Å². The molecule has 0 aliphatic rings. The average molecular weight is 464 g/mol. The predicted molar refractivity (Wildman–Crippen MR) is 111 cm³/mol. The molecule has 0 aliphatic heterocycles. The molecule has 0 atom stereocenters. The third kappa shape index (κ3) is 4.94. The summed E-state index contributed by atoms with van der Waals surface area (Å²) in [7, 11) is 3.12. The highest BCUT2D eigenvalue weighted by Gasteiger charge is 2.14. The molecule has 0 aliphatic carbocycles. The Morgan fingerprint density at radius 2 is 2.04 bits per heavy atom. The number of halogens is 2. The number of nitrogens with zero attached hydrogens (tertiary/aromatic N) is 3. The van der Waals surface area contributed by atoms with Crippen molar-refractivity contribution < 1.29 is 13.9 Å². The highest BCUT2D eigenvalue weighted by molar-refractivity contribution is 9.10. The van der Waals surface area contributed by atoms with Crippen LogP contribution in [-0.4, -0.2) is 40.3 Å². The minimum atomic E-state index is -0.438. The van der Waals surface area contributed by atoms with Crippen LogP contribution in [0, 0.1) is 5.82 Å². The molecule has 0 radical (unpaired) electrons. The van der Waals surface area contributed by atoms with Gasteiger partial charge in [0.25, 0.3) is 0 Å². The maximum absolute atomic E-state index is 13.8. The number of amides is 1. The highest BCUT2D eigenvalue weighted by atomic mass is 79.9. The summed E-state index contributed by atoms with van der Waals surface area (Å²) < 4.78 is 21.7. The summed E-state index contributed by atoms with van der Waals surface area (Å²) in [4.78, 5) is 18.4. The van der Waals surface area contributed by atoms with Crippen molar-refractivity contribution in [2.45, 2.75) is 11.7 Å². The van der Waals surface area contributed by atoms with Gasteiger partial charge in [-0.05, 0) is 42.0 Å². The number of carbonyl (C=O) groups excluding carboxylic acids is 1. The highest BCUT2D eigenvalue weighted by Crippen LogP contribution is 2.23. The first-order chi connectivity index (χ1) is 13.5. The summed E-state index contributed by atoms with van der Waals surface area (Å²) in [6, 6.07) is 12.6. The summed E-state index contributed by atoms with van der Waals surface area (Å²) in [5.41, 5.74) is 1.67. The third-order valence-corrected chi connectivity index (χ3v) is 5.58. The first-order valence-corrected chi connectivity index (χ1v) is 10.2. The maximum Gasteiger partial charge on any atom is 0.233 e. The van der Waals surface area contributed by atoms with Gasteiger partial charge in [0.2, 0.25) is 5.91 Å². The van der Waals surface area contributed by atoms with Gasteiger partial charge in [0, 0.05) is 36.1 Å². The third-order valence-electron chi connectivity index (χ3n) is 4.10. The van der Waals surface area contributed by atoms with Gasteiger partial charge in [-0.2, -0.15) is 0 Å². The van der Waals surface area contributed by atoms with Gasteiger partial charge in [-0.3, -0.25) is 9.36 Å². The number of hydrogen-bond acceptors (Lipinski definition) is 4. The van der Waals surface area contributed by atoms with Crippen LogP contribution in [0.1, 0.15) is 5.56 Å². The van der Waals surface area contributed by atoms with Crippen LogP contribution in [0.25, 0.3) is 5.69 Å². The van der Waals surface area contributed by atoms with Crippen molar-refractivity contribution in [3.63, 3.8) is 0 Å². The van der Waals surface area contributed by atoms with Crippen LogP contribution in [0.3, 0.4) is 0 Å². The summed E-state index contributed by atoms with van der Waals surface area (Å²) in [6.07, 6.45) is 3.57. The molecule has 28 heavy (non-hydrogen) atoms. The lowest BCUT2D eigenvalue weighted by molar-refractivity contribution is -0.127. The summed E-state index contributed by atoms with van der Waals surface area (Å²) >= 11 is 4.79. The second-order valence-electron chi connectivity index (χ2n) is 6.06. The van der Waals surface area contributed by atoms with Crippen LogP contribution >= 0.6 is 27.7 Å². The van der Waals surface area contributed by atoms with Crippen LogP contribution < -0.4 is 4.74 Å². The molecule has 3 rings (SSSR count). The van der Waals surface area contributed by atoms with Gasteiger partial charge < -0.3 is 9.64 Å². The lowest BCUT2D eigenvalue weighted by Gasteiger charge is -2.17. The van der Waals surface area contributed by atoms with Crippen molar-refractivity contribution in [3.8, 4) is 11.4 Å². The number of aromatic nitrogens is 2. The fourth-order valence-corrected chi connectivity index (χ4v) is 3.78. The zero-order valence-corrected chi connectivity index (χ0v) is 17.8. The molecule has 8 heteroatoms. The molecule has 2 aromatic carbocycles. The van der Waals surface area contributed by atoms with Gasteiger partial charge >= 0.3 is 0 Å². The molecule has 1 amide bonds. The van der Waals surface area contributed by atoms with E-state index >= 15 is 0 Å². The Kier molecular flexibility index (Phi) is 6.74. The molecule has 3 aromatic rings. The van der Waals surface area contributed by atoms with E-state index < -0.39 is 5.82 Å². The van der Waals surface area contributed by atoms with Gasteiger partial charge in [-0.25, -0.2) is 9.37 Å². The Morgan fingerprint density at radius 3 is 2.71 bits per heavy atom. The fourth-order valence-electron chi connectivity index (χ4n) is 2.60. The van der Waals surface area contributed by atoms with Crippen molar-refractivity contribution >= 4 is 33.6 Å². The lowest BCUT2D eigenvalue weighted by atomic mass is 10.2. The number of hydrogen-bond donors (Lipinski definition) is 0. The number of methoxy groups -OCH3 is 1. The van der Waals surface area contributed by atoms with E-state index in [2.05, 4.69) is 20.9 Å². The molecule has 0 unspecified atom stereocenters. The van der Waals surface area contributed by atoms with Crippen LogP contribution in [0.4, 0.5) is 4.39 Å². The molecule has 1 aromatic heterocycles. The van der Waals surface area contributed by atoms with Crippen molar-refractivity contribution in [1.29, 1.82) is 0 Å². The SMILES string of the molecule is COc1ccc(CN(C)C(=O)CSc2nccn2-c2ccc(Br)cc2)cc1F. The molecule has 0 bridgehead atoms. The molecule has 0 N–H and O–H groups in total. The minimum Gasteiger partial charge on any atom is -0.494 e. The zero-order chi connectivity index (χ0) is 20.1. The van der Waals surface area contributed by atoms with Crippen molar-refractivity contribution in [3.05, 3.63) is 70.7 Å². The van der Waals surface area contributed by atoms with E-state index in [0.717, 1.165) is 15.3 Å². The Hall–Kier alpha value is -2.32. The van der Waals surface area contributed by atoms with Crippen LogP contribution in [-0.2, 0) is 11.3 Å². The van der Waals surface area contributed by atoms with E-state index in [1.807, 2.05) is 35.0 Å². The van der Waals surface area contributed by atoms with Crippen LogP contribution in [0.2, 0.25) is 0 Å². The van der Waals surface area contributed by atoms with Crippen LogP contribution in [0.5, 0.6) is 5.75 Å². The number of thioether (sulfide) groups is 1. The molecular weight excluding hydrogens is 445 g/mol. The van der Waals surface area contributed by atoms with Gasteiger partial charge in [0.15, 0.2) is 16.7 Å². The molecule has 5 nitrogen and oxygen atoms in total. The Morgan fingerprint density at radius 1 is 1.29 bits per heavy atom. The summed E-state index contributed by atoms with van der Waals surface area (Å²) in [6.45, 7) is 0.321. The Labute approximate surface area is 175 Å². The molecular formula is C20H19BrFN3O2S. The lowest BCUT2D eigenvalue weighted by Crippen LogP contribution is -2.28. The van der Waals surface area contributed by atoms with Gasteiger partial charge in [-0.15, -0.1) is 0 Å². The normalized spacial score (nSPS) is 10.7. The molecule has 0 spiro atoms. The number of rotatable bonds is 7. The largest absolute Gasteiger partial charge is 0.494 e. The Balaban J connectivity index is 1.60.